The van der Waals surface area contributed by atoms with E-state index in [1.165, 1.54) is 5.56 Å². The van der Waals surface area contributed by atoms with Crippen LogP contribution in [0.25, 0.3) is 0 Å². The monoisotopic (exact) mass is 596 g/mol. The highest BCUT2D eigenvalue weighted by Crippen LogP contribution is 2.32. The van der Waals surface area contributed by atoms with Crippen molar-refractivity contribution in [3.63, 3.8) is 0 Å². The molecular weight excluding hydrogens is 556 g/mol. The van der Waals surface area contributed by atoms with Gasteiger partial charge in [0, 0.05) is 28.3 Å². The van der Waals surface area contributed by atoms with Crippen LogP contribution in [-0.4, -0.2) is 11.6 Å². The number of rotatable bonds is 11. The molecule has 0 spiro atoms. The molecule has 5 aromatic carbocycles. The van der Waals surface area contributed by atoms with E-state index in [2.05, 4.69) is 20.8 Å². The Hall–Kier alpha value is -4.96. The fourth-order valence-corrected chi connectivity index (χ4v) is 5.10. The van der Waals surface area contributed by atoms with E-state index in [9.17, 15) is 9.59 Å². The summed E-state index contributed by atoms with van der Waals surface area (Å²) in [6.45, 7) is 12.6. The molecule has 0 fully saturated rings. The Labute approximate surface area is 266 Å². The van der Waals surface area contributed by atoms with Crippen LogP contribution >= 0.6 is 0 Å². The van der Waals surface area contributed by atoms with Crippen LogP contribution in [0.1, 0.15) is 89.6 Å². The number of carbonyl (C=O) groups is 2. The highest BCUT2D eigenvalue weighted by atomic mass is 16.5. The molecule has 0 N–H and O–H groups in total. The third kappa shape index (κ3) is 7.41. The van der Waals surface area contributed by atoms with Crippen molar-refractivity contribution in [1.29, 1.82) is 0 Å². The Morgan fingerprint density at radius 3 is 1.51 bits per heavy atom. The molecule has 0 radical (unpaired) electrons. The Morgan fingerprint density at radius 2 is 1.00 bits per heavy atom. The highest BCUT2D eigenvalue weighted by Gasteiger charge is 2.24. The second-order valence-electron chi connectivity index (χ2n) is 12.6. The molecule has 0 aliphatic rings. The molecule has 0 saturated heterocycles. The van der Waals surface area contributed by atoms with Gasteiger partial charge in [0.1, 0.15) is 22.8 Å². The lowest BCUT2D eigenvalue weighted by Gasteiger charge is -2.27. The first-order chi connectivity index (χ1) is 21.4. The van der Waals surface area contributed by atoms with Crippen LogP contribution in [0.15, 0.2) is 121 Å². The molecule has 0 aliphatic carbocycles. The van der Waals surface area contributed by atoms with Crippen LogP contribution in [0, 0.1) is 6.92 Å². The quantitative estimate of drug-likeness (QED) is 0.142. The summed E-state index contributed by atoms with van der Waals surface area (Å²) in [7, 11) is 0. The zero-order chi connectivity index (χ0) is 32.2. The summed E-state index contributed by atoms with van der Waals surface area (Å²) in [5.74, 6) is 1.87. The van der Waals surface area contributed by atoms with Crippen LogP contribution < -0.4 is 9.47 Å². The lowest BCUT2D eigenvalue weighted by molar-refractivity contribution is 0.102. The van der Waals surface area contributed by atoms with E-state index in [0.29, 0.717) is 39.5 Å². The second-order valence-corrected chi connectivity index (χ2v) is 12.6. The number of hydrogen-bond donors (Lipinski definition) is 0. The zero-order valence-electron chi connectivity index (χ0n) is 26.9. The van der Waals surface area contributed by atoms with Gasteiger partial charge in [0.25, 0.3) is 0 Å². The van der Waals surface area contributed by atoms with Gasteiger partial charge >= 0.3 is 0 Å². The van der Waals surface area contributed by atoms with E-state index >= 15 is 0 Å². The minimum Gasteiger partial charge on any atom is -0.483 e. The molecular formula is C41H40O4. The molecule has 0 amide bonds. The molecule has 5 aromatic rings. The first-order valence-electron chi connectivity index (χ1n) is 15.4. The lowest BCUT2D eigenvalue weighted by atomic mass is 9.82. The van der Waals surface area contributed by atoms with Gasteiger partial charge in [0.05, 0.1) is 0 Å². The molecule has 0 atom stereocenters. The van der Waals surface area contributed by atoms with Crippen LogP contribution in [-0.2, 0) is 11.0 Å². The van der Waals surface area contributed by atoms with E-state index in [1.807, 2.05) is 118 Å². The van der Waals surface area contributed by atoms with Gasteiger partial charge in [0.15, 0.2) is 11.6 Å². The van der Waals surface area contributed by atoms with Gasteiger partial charge in [-0.1, -0.05) is 105 Å². The molecule has 0 bridgehead atoms. The van der Waals surface area contributed by atoms with Crippen molar-refractivity contribution in [2.24, 2.45) is 0 Å². The van der Waals surface area contributed by atoms with Gasteiger partial charge in [-0.15, -0.1) is 0 Å². The average molecular weight is 597 g/mol. The van der Waals surface area contributed by atoms with E-state index in [0.717, 1.165) is 17.5 Å². The summed E-state index contributed by atoms with van der Waals surface area (Å²) in [6, 6.07) is 37.7. The van der Waals surface area contributed by atoms with Gasteiger partial charge in [-0.05, 0) is 80.1 Å². The summed E-state index contributed by atoms with van der Waals surface area (Å²) >= 11 is 0. The fraction of sp³-hybridized carbons (Fsp3) is 0.220. The lowest BCUT2D eigenvalue weighted by Crippen LogP contribution is -2.25. The Bertz CT molecular complexity index is 1780. The number of ether oxygens (including phenoxy) is 2. The Balaban J connectivity index is 1.23. The summed E-state index contributed by atoms with van der Waals surface area (Å²) in [5, 5.41) is 0. The van der Waals surface area contributed by atoms with Crippen molar-refractivity contribution < 1.29 is 19.1 Å². The molecule has 228 valence electrons. The number of carbonyl (C=O) groups excluding carboxylic acids is 2. The summed E-state index contributed by atoms with van der Waals surface area (Å²) in [6.07, 6.45) is 1.03. The molecule has 0 saturated carbocycles. The van der Waals surface area contributed by atoms with Crippen molar-refractivity contribution in [2.75, 3.05) is 0 Å². The molecule has 0 heterocycles. The SMILES string of the molecule is CCC(C)(C)c1ccc(C(=O)c2ccc(Oc3cccc(OC(C)(C)c4ccc(C(=O)c5ccc(C)cc5)cc4)c3)cc2)cc1. The smallest absolute Gasteiger partial charge is 0.193 e. The van der Waals surface area contributed by atoms with E-state index in [-0.39, 0.29) is 17.0 Å². The van der Waals surface area contributed by atoms with Crippen LogP contribution in [0.3, 0.4) is 0 Å². The second kappa shape index (κ2) is 13.0. The molecule has 5 rings (SSSR count). The zero-order valence-corrected chi connectivity index (χ0v) is 26.9. The van der Waals surface area contributed by atoms with Crippen molar-refractivity contribution in [2.45, 2.75) is 59.0 Å². The van der Waals surface area contributed by atoms with Crippen LogP contribution in [0.4, 0.5) is 0 Å². The first-order valence-corrected chi connectivity index (χ1v) is 15.4. The van der Waals surface area contributed by atoms with Crippen molar-refractivity contribution in [3.05, 3.63) is 160 Å². The van der Waals surface area contributed by atoms with Gasteiger partial charge < -0.3 is 9.47 Å². The topological polar surface area (TPSA) is 52.6 Å². The van der Waals surface area contributed by atoms with E-state index in [1.54, 1.807) is 24.3 Å². The van der Waals surface area contributed by atoms with E-state index < -0.39 is 5.60 Å². The van der Waals surface area contributed by atoms with Gasteiger partial charge in [-0.3, -0.25) is 9.59 Å². The van der Waals surface area contributed by atoms with Crippen LogP contribution in [0.5, 0.6) is 17.2 Å². The summed E-state index contributed by atoms with van der Waals surface area (Å²) < 4.78 is 12.5. The van der Waals surface area contributed by atoms with Gasteiger partial charge in [0.2, 0.25) is 0 Å². The molecule has 4 heteroatoms. The number of aryl methyl sites for hydroxylation is 1. The number of ketones is 2. The van der Waals surface area contributed by atoms with Crippen LogP contribution in [0.2, 0.25) is 0 Å². The van der Waals surface area contributed by atoms with Crippen molar-refractivity contribution in [1.82, 2.24) is 0 Å². The minimum atomic E-state index is -0.656. The predicted molar refractivity (Wildman–Crippen MR) is 181 cm³/mol. The maximum Gasteiger partial charge on any atom is 0.193 e. The predicted octanol–water partition coefficient (Wildman–Crippen LogP) is 10.3. The molecule has 45 heavy (non-hydrogen) atoms. The third-order valence-electron chi connectivity index (χ3n) is 8.50. The van der Waals surface area contributed by atoms with Gasteiger partial charge in [-0.25, -0.2) is 0 Å². The van der Waals surface area contributed by atoms with Gasteiger partial charge in [-0.2, -0.15) is 0 Å². The molecule has 4 nitrogen and oxygen atoms in total. The number of benzene rings is 5. The largest absolute Gasteiger partial charge is 0.483 e. The maximum atomic E-state index is 13.1. The minimum absolute atomic E-state index is 0.00675. The molecule has 0 aliphatic heterocycles. The average Bonchev–Trinajstić information content (AvgIpc) is 3.05. The summed E-state index contributed by atoms with van der Waals surface area (Å²) in [5.41, 5.74) is 5.29. The molecule has 0 unspecified atom stereocenters. The standard InChI is InChI=1S/C41H40O4/c1-7-40(3,4)33-21-15-30(16-22-33)39(43)32-19-25-35(26-20-32)44-36-9-8-10-37(27-36)45-41(5,6)34-23-17-31(18-24-34)38(42)29-13-11-28(2)12-14-29/h8-27H,7H2,1-6H3. The van der Waals surface area contributed by atoms with E-state index in [4.69, 9.17) is 9.47 Å². The maximum absolute atomic E-state index is 13.1. The normalized spacial score (nSPS) is 11.6. The highest BCUT2D eigenvalue weighted by molar-refractivity contribution is 6.09. The van der Waals surface area contributed by atoms with Crippen molar-refractivity contribution >= 4 is 11.6 Å². The first kappa shape index (κ1) is 31.5. The van der Waals surface area contributed by atoms with Crippen molar-refractivity contribution in [3.8, 4) is 17.2 Å². The molecule has 0 aromatic heterocycles. The summed E-state index contributed by atoms with van der Waals surface area (Å²) in [4.78, 5) is 26.0. The Morgan fingerprint density at radius 1 is 0.556 bits per heavy atom. The Kier molecular flexibility index (Phi) is 9.06. The third-order valence-corrected chi connectivity index (χ3v) is 8.50. The number of hydrogen-bond acceptors (Lipinski definition) is 4. The fourth-order valence-electron chi connectivity index (χ4n) is 5.10.